The van der Waals surface area contributed by atoms with E-state index in [0.717, 1.165) is 24.8 Å². The minimum absolute atomic E-state index is 0.115. The minimum atomic E-state index is -1.06. The van der Waals surface area contributed by atoms with Crippen molar-refractivity contribution in [1.82, 2.24) is 0 Å². The van der Waals surface area contributed by atoms with Gasteiger partial charge in [-0.1, -0.05) is 12.0 Å². The third kappa shape index (κ3) is 24.7. The molecular weight excluding hydrogens is 436 g/mol. The molecule has 0 aliphatic heterocycles. The lowest BCUT2D eigenvalue weighted by atomic mass is 10.0. The Hall–Kier alpha value is -1.59. The molecule has 2 atom stereocenters. The number of carboxylic acids is 1. The van der Waals surface area contributed by atoms with Crippen LogP contribution in [0.4, 0.5) is 0 Å². The van der Waals surface area contributed by atoms with Gasteiger partial charge < -0.3 is 30.8 Å². The van der Waals surface area contributed by atoms with Gasteiger partial charge in [0.25, 0.3) is 0 Å². The van der Waals surface area contributed by atoms with Crippen molar-refractivity contribution >= 4 is 36.1 Å². The Kier molecular flexibility index (Phi) is 28.1. The van der Waals surface area contributed by atoms with Crippen LogP contribution in [0.25, 0.3) is 0 Å². The first kappa shape index (κ1) is 35.0. The maximum atomic E-state index is 12.4. The highest BCUT2D eigenvalue weighted by Gasteiger charge is 2.21. The van der Waals surface area contributed by atoms with Crippen molar-refractivity contribution in [2.75, 3.05) is 39.2 Å². The van der Waals surface area contributed by atoms with E-state index in [9.17, 15) is 14.4 Å². The van der Waals surface area contributed by atoms with Crippen LogP contribution < -0.4 is 11.5 Å². The zero-order valence-corrected chi connectivity index (χ0v) is 20.6. The summed E-state index contributed by atoms with van der Waals surface area (Å²) in [5, 5.41) is 8.58. The van der Waals surface area contributed by atoms with Crippen LogP contribution in [-0.4, -0.2) is 80.0 Å². The number of hydrogen-bond donors (Lipinski definition) is 3. The molecule has 0 aromatic rings. The van der Waals surface area contributed by atoms with Gasteiger partial charge >= 0.3 is 5.97 Å². The summed E-state index contributed by atoms with van der Waals surface area (Å²) < 4.78 is 10.7. The second kappa shape index (κ2) is 25.7. The predicted molar refractivity (Wildman–Crippen MR) is 129 cm³/mol. The summed E-state index contributed by atoms with van der Waals surface area (Å²) in [5.41, 5.74) is 10.9. The summed E-state index contributed by atoms with van der Waals surface area (Å²) in [5.74, 6) is -0.616. The Balaban J connectivity index is -0.00000198. The second-order valence-electron chi connectivity index (χ2n) is 6.88. The van der Waals surface area contributed by atoms with E-state index in [-0.39, 0.29) is 22.6 Å². The summed E-state index contributed by atoms with van der Waals surface area (Å²) in [6.07, 6.45) is 3.96. The molecule has 32 heavy (non-hydrogen) atoms. The maximum absolute atomic E-state index is 12.4. The SMILES string of the molecule is C=C(C)CC(SCC(N)C(=O)O)C(=O)CCCCCOCCOCCC(C)=O.C=O.CN. The van der Waals surface area contributed by atoms with Crippen molar-refractivity contribution in [3.05, 3.63) is 12.2 Å². The van der Waals surface area contributed by atoms with Gasteiger partial charge in [0.2, 0.25) is 0 Å². The first-order valence-electron chi connectivity index (χ1n) is 10.5. The average Bonchev–Trinajstić information content (AvgIpc) is 2.76. The van der Waals surface area contributed by atoms with Crippen LogP contribution in [0.1, 0.15) is 52.4 Å². The number of allylic oxidation sites excluding steroid dienone is 1. The van der Waals surface area contributed by atoms with Crippen LogP contribution >= 0.6 is 11.8 Å². The molecule has 2 unspecified atom stereocenters. The maximum Gasteiger partial charge on any atom is 0.321 e. The molecule has 0 aromatic carbocycles. The smallest absolute Gasteiger partial charge is 0.321 e. The van der Waals surface area contributed by atoms with Crippen LogP contribution in [0.15, 0.2) is 12.2 Å². The fourth-order valence-corrected chi connectivity index (χ4v) is 3.54. The number of nitrogens with two attached hydrogens (primary N) is 2. The van der Waals surface area contributed by atoms with Gasteiger partial charge in [-0.25, -0.2) is 0 Å². The fourth-order valence-electron chi connectivity index (χ4n) is 2.25. The Bertz CT molecular complexity index is 519. The predicted octanol–water partition coefficient (Wildman–Crippen LogP) is 2.00. The van der Waals surface area contributed by atoms with E-state index in [1.165, 1.54) is 25.7 Å². The van der Waals surface area contributed by atoms with Gasteiger partial charge in [0.15, 0.2) is 0 Å². The Morgan fingerprint density at radius 1 is 0.938 bits per heavy atom. The fraction of sp³-hybridized carbons (Fsp3) is 0.727. The average molecular weight is 479 g/mol. The number of carbonyl (C=O) groups is 4. The zero-order chi connectivity index (χ0) is 25.4. The Labute approximate surface area is 196 Å². The molecule has 9 nitrogen and oxygen atoms in total. The molecule has 0 saturated heterocycles. The number of Topliss-reactive ketones (excluding diaryl/α,β-unsaturated/α-hetero) is 2. The van der Waals surface area contributed by atoms with E-state index in [4.69, 9.17) is 25.1 Å². The highest BCUT2D eigenvalue weighted by atomic mass is 32.2. The van der Waals surface area contributed by atoms with Crippen LogP contribution in [0, 0.1) is 0 Å². The molecule has 0 spiro atoms. The molecule has 0 radical (unpaired) electrons. The lowest BCUT2D eigenvalue weighted by Gasteiger charge is -2.17. The topological polar surface area (TPSA) is 159 Å². The minimum Gasteiger partial charge on any atom is -0.480 e. The molecule has 0 saturated carbocycles. The van der Waals surface area contributed by atoms with Crippen molar-refractivity contribution in [3.8, 4) is 0 Å². The van der Waals surface area contributed by atoms with E-state index in [2.05, 4.69) is 12.3 Å². The first-order chi connectivity index (χ1) is 15.2. The number of aliphatic carboxylic acids is 1. The van der Waals surface area contributed by atoms with Gasteiger partial charge in [0.05, 0.1) is 25.1 Å². The number of carboxylic acid groups (broad SMARTS) is 1. The summed E-state index contributed by atoms with van der Waals surface area (Å²) in [7, 11) is 1.50. The van der Waals surface area contributed by atoms with Gasteiger partial charge in [-0.05, 0) is 40.2 Å². The largest absolute Gasteiger partial charge is 0.480 e. The van der Waals surface area contributed by atoms with Gasteiger partial charge in [-0.15, -0.1) is 18.3 Å². The number of ketones is 2. The van der Waals surface area contributed by atoms with Gasteiger partial charge in [0.1, 0.15) is 24.4 Å². The van der Waals surface area contributed by atoms with Gasteiger partial charge in [-0.3, -0.25) is 14.4 Å². The number of thioether (sulfide) groups is 1. The highest BCUT2D eigenvalue weighted by molar-refractivity contribution is 8.00. The summed E-state index contributed by atoms with van der Waals surface area (Å²) in [6, 6.07) is -0.964. The van der Waals surface area contributed by atoms with Crippen molar-refractivity contribution in [2.24, 2.45) is 11.5 Å². The van der Waals surface area contributed by atoms with Gasteiger partial charge in [-0.2, -0.15) is 0 Å². The van der Waals surface area contributed by atoms with E-state index in [0.29, 0.717) is 45.7 Å². The standard InChI is InChI=1S/C20H35NO6S.CH5N.CH2O/c1-15(2)13-19(28-14-17(21)20(24)25)18(23)7-5-4-6-9-26-11-12-27-10-8-16(3)22;2*1-2/h17,19H,1,4-14,21H2,2-3H3,(H,24,25);2H2,1H3;1H2. The van der Waals surface area contributed by atoms with Crippen LogP contribution in [0.5, 0.6) is 0 Å². The Morgan fingerprint density at radius 3 is 2.00 bits per heavy atom. The summed E-state index contributed by atoms with van der Waals surface area (Å²) in [4.78, 5) is 42.0. The highest BCUT2D eigenvalue weighted by Crippen LogP contribution is 2.22. The third-order valence-corrected chi connectivity index (χ3v) is 5.25. The molecule has 0 heterocycles. The molecule has 5 N–H and O–H groups in total. The number of unbranched alkanes of at least 4 members (excludes halogenated alkanes) is 2. The van der Waals surface area contributed by atoms with Crippen LogP contribution in [0.3, 0.4) is 0 Å². The Morgan fingerprint density at radius 2 is 1.50 bits per heavy atom. The van der Waals surface area contributed by atoms with Crippen molar-refractivity contribution in [2.45, 2.75) is 63.7 Å². The van der Waals surface area contributed by atoms with Gasteiger partial charge in [0, 0.05) is 25.2 Å². The molecule has 0 aliphatic rings. The molecule has 0 bridgehead atoms. The van der Waals surface area contributed by atoms with Crippen molar-refractivity contribution in [3.63, 3.8) is 0 Å². The molecule has 0 fully saturated rings. The number of rotatable bonds is 19. The molecule has 0 aliphatic carbocycles. The third-order valence-electron chi connectivity index (χ3n) is 3.87. The normalized spacial score (nSPS) is 11.8. The first-order valence-corrected chi connectivity index (χ1v) is 11.6. The van der Waals surface area contributed by atoms with E-state index >= 15 is 0 Å². The molecule has 0 amide bonds. The zero-order valence-electron chi connectivity index (χ0n) is 19.8. The molecule has 188 valence electrons. The number of carbonyl (C=O) groups excluding carboxylic acids is 3. The number of ether oxygens (including phenoxy) is 2. The van der Waals surface area contributed by atoms with Crippen LogP contribution in [0.2, 0.25) is 0 Å². The number of hydrogen-bond acceptors (Lipinski definition) is 9. The summed E-state index contributed by atoms with van der Waals surface area (Å²) >= 11 is 1.30. The van der Waals surface area contributed by atoms with Crippen LogP contribution in [-0.2, 0) is 28.7 Å². The van der Waals surface area contributed by atoms with E-state index < -0.39 is 12.0 Å². The molecule has 10 heteroatoms. The summed E-state index contributed by atoms with van der Waals surface area (Å²) in [6.45, 7) is 11.3. The van der Waals surface area contributed by atoms with E-state index in [1.807, 2.05) is 13.7 Å². The van der Waals surface area contributed by atoms with Crippen molar-refractivity contribution in [1.29, 1.82) is 0 Å². The van der Waals surface area contributed by atoms with Crippen molar-refractivity contribution < 1.29 is 33.8 Å². The molecule has 0 rings (SSSR count). The van der Waals surface area contributed by atoms with E-state index in [1.54, 1.807) is 0 Å². The molecular formula is C22H42N2O7S. The monoisotopic (exact) mass is 478 g/mol. The quantitative estimate of drug-likeness (QED) is 0.185. The lowest BCUT2D eigenvalue weighted by molar-refractivity contribution is -0.138. The molecule has 0 aromatic heterocycles. The lowest BCUT2D eigenvalue weighted by Crippen LogP contribution is -2.34. The second-order valence-corrected chi connectivity index (χ2v) is 8.12.